The van der Waals surface area contributed by atoms with Crippen molar-refractivity contribution in [3.05, 3.63) is 76.8 Å². The summed E-state index contributed by atoms with van der Waals surface area (Å²) in [7, 11) is 0. The van der Waals surface area contributed by atoms with E-state index < -0.39 is 24.5 Å². The summed E-state index contributed by atoms with van der Waals surface area (Å²) < 4.78 is 56.2. The van der Waals surface area contributed by atoms with Crippen molar-refractivity contribution in [3.63, 3.8) is 0 Å². The molecule has 0 atom stereocenters. The molecule has 0 aliphatic rings. The number of halogens is 5. The number of aromatic nitrogens is 2. The zero-order valence-corrected chi connectivity index (χ0v) is 15.5. The maximum Gasteiger partial charge on any atom is 0.422 e. The van der Waals surface area contributed by atoms with E-state index in [0.29, 0.717) is 16.3 Å². The number of alkyl halides is 3. The van der Waals surface area contributed by atoms with E-state index in [9.17, 15) is 22.4 Å². The third kappa shape index (κ3) is 5.95. The molecule has 1 heterocycles. The van der Waals surface area contributed by atoms with Gasteiger partial charge in [0, 0.05) is 16.8 Å². The molecule has 29 heavy (non-hydrogen) atoms. The second-order valence-electron chi connectivity index (χ2n) is 6.05. The first-order chi connectivity index (χ1) is 13.7. The van der Waals surface area contributed by atoms with Crippen molar-refractivity contribution in [1.29, 1.82) is 0 Å². The number of carbonyl (C=O) groups excluding carboxylic acids is 1. The first-order valence-electron chi connectivity index (χ1n) is 8.27. The molecular weight excluding hydrogens is 414 g/mol. The van der Waals surface area contributed by atoms with Gasteiger partial charge in [0.1, 0.15) is 11.6 Å². The van der Waals surface area contributed by atoms with E-state index in [4.69, 9.17) is 11.6 Å². The number of benzene rings is 2. The predicted molar refractivity (Wildman–Crippen MR) is 98.7 cm³/mol. The van der Waals surface area contributed by atoms with Crippen LogP contribution in [0.3, 0.4) is 0 Å². The molecule has 0 fully saturated rings. The normalized spacial score (nSPS) is 11.3. The van der Waals surface area contributed by atoms with Gasteiger partial charge in [0.25, 0.3) is 5.91 Å². The summed E-state index contributed by atoms with van der Waals surface area (Å²) in [4.78, 5) is 12.3. The Morgan fingerprint density at radius 1 is 1.21 bits per heavy atom. The third-order valence-corrected chi connectivity index (χ3v) is 4.10. The molecule has 0 radical (unpaired) electrons. The fourth-order valence-corrected chi connectivity index (χ4v) is 2.63. The van der Waals surface area contributed by atoms with Crippen LogP contribution in [-0.4, -0.2) is 28.5 Å². The minimum Gasteiger partial charge on any atom is -0.484 e. The molecule has 3 aromatic rings. The molecule has 0 aliphatic carbocycles. The van der Waals surface area contributed by atoms with Crippen molar-refractivity contribution < 1.29 is 27.1 Å². The summed E-state index contributed by atoms with van der Waals surface area (Å²) in [5.74, 6) is -1.06. The van der Waals surface area contributed by atoms with Gasteiger partial charge in [-0.15, -0.1) is 0 Å². The van der Waals surface area contributed by atoms with Gasteiger partial charge in [-0.05, 0) is 42.0 Å². The molecule has 152 valence electrons. The van der Waals surface area contributed by atoms with Gasteiger partial charge in [0.2, 0.25) is 0 Å². The number of amides is 1. The molecule has 0 spiro atoms. The highest BCUT2D eigenvalue weighted by molar-refractivity contribution is 6.31. The lowest BCUT2D eigenvalue weighted by Gasteiger charge is -2.10. The van der Waals surface area contributed by atoms with Crippen LogP contribution in [0.2, 0.25) is 5.02 Å². The molecule has 1 amide bonds. The Hall–Kier alpha value is -3.07. The average Bonchev–Trinajstić information content (AvgIpc) is 3.09. The Balaban J connectivity index is 1.65. The van der Waals surface area contributed by atoms with Crippen LogP contribution in [0.4, 0.5) is 23.2 Å². The third-order valence-electron chi connectivity index (χ3n) is 3.73. The van der Waals surface area contributed by atoms with Crippen LogP contribution in [-0.2, 0) is 6.54 Å². The number of carbonyl (C=O) groups is 1. The summed E-state index contributed by atoms with van der Waals surface area (Å²) in [5.41, 5.74) is 0.983. The summed E-state index contributed by atoms with van der Waals surface area (Å²) in [6.45, 7) is -1.26. The van der Waals surface area contributed by atoms with Gasteiger partial charge >= 0.3 is 6.18 Å². The number of nitrogens with zero attached hydrogens (tertiary/aromatic N) is 2. The van der Waals surface area contributed by atoms with Crippen molar-refractivity contribution in [2.75, 3.05) is 11.9 Å². The van der Waals surface area contributed by atoms with Gasteiger partial charge in [0.15, 0.2) is 6.61 Å². The van der Waals surface area contributed by atoms with Crippen LogP contribution in [0.1, 0.15) is 15.9 Å². The Kier molecular flexibility index (Phi) is 6.07. The number of nitrogens with one attached hydrogen (secondary N) is 1. The minimum atomic E-state index is -4.47. The van der Waals surface area contributed by atoms with Crippen molar-refractivity contribution in [2.45, 2.75) is 12.7 Å². The molecule has 1 N–H and O–H groups in total. The zero-order chi connectivity index (χ0) is 21.0. The topological polar surface area (TPSA) is 56.2 Å². The molecule has 10 heteroatoms. The molecule has 1 aromatic heterocycles. The largest absolute Gasteiger partial charge is 0.484 e. The maximum absolute atomic E-state index is 13.3. The van der Waals surface area contributed by atoms with Crippen molar-refractivity contribution in [3.8, 4) is 5.75 Å². The summed E-state index contributed by atoms with van der Waals surface area (Å²) in [6.07, 6.45) is -1.57. The molecule has 5 nitrogen and oxygen atoms in total. The molecule has 2 aromatic carbocycles. The Bertz CT molecular complexity index is 1020. The second kappa shape index (κ2) is 8.52. The number of rotatable bonds is 6. The maximum atomic E-state index is 13.3. The first-order valence-corrected chi connectivity index (χ1v) is 8.65. The first kappa shape index (κ1) is 20.7. The van der Waals surface area contributed by atoms with E-state index in [0.717, 1.165) is 0 Å². The van der Waals surface area contributed by atoms with E-state index in [1.165, 1.54) is 59.5 Å². The smallest absolute Gasteiger partial charge is 0.422 e. The molecule has 3 rings (SSSR count). The van der Waals surface area contributed by atoms with Gasteiger partial charge in [-0.2, -0.15) is 18.3 Å². The molecule has 0 unspecified atom stereocenters. The lowest BCUT2D eigenvalue weighted by atomic mass is 10.2. The predicted octanol–water partition coefficient (Wildman–Crippen LogP) is 4.92. The standard InChI is InChI=1S/C19H14ClF4N3O2/c20-17-5-4-14(21)6-13(17)9-27-10-15(8-25-27)26-18(28)12-2-1-3-16(7-12)29-11-19(22,23)24/h1-8,10H,9,11H2,(H,26,28). The monoisotopic (exact) mass is 427 g/mol. The summed E-state index contributed by atoms with van der Waals surface area (Å²) in [5, 5.41) is 7.03. The second-order valence-corrected chi connectivity index (χ2v) is 6.46. The summed E-state index contributed by atoms with van der Waals surface area (Å²) >= 11 is 6.03. The molecule has 0 saturated carbocycles. The highest BCUT2D eigenvalue weighted by atomic mass is 35.5. The number of hydrogen-bond acceptors (Lipinski definition) is 3. The molecule has 0 bridgehead atoms. The van der Waals surface area contributed by atoms with Gasteiger partial charge in [-0.25, -0.2) is 4.39 Å². The van der Waals surface area contributed by atoms with Crippen LogP contribution >= 0.6 is 11.6 Å². The minimum absolute atomic E-state index is 0.0774. The highest BCUT2D eigenvalue weighted by Crippen LogP contribution is 2.21. The Labute approximate surface area is 167 Å². The average molecular weight is 428 g/mol. The number of anilines is 1. The van der Waals surface area contributed by atoms with Crippen molar-refractivity contribution in [1.82, 2.24) is 9.78 Å². The van der Waals surface area contributed by atoms with Crippen LogP contribution < -0.4 is 10.1 Å². The number of ether oxygens (including phenoxy) is 1. The van der Waals surface area contributed by atoms with Gasteiger partial charge in [-0.1, -0.05) is 17.7 Å². The fraction of sp³-hybridized carbons (Fsp3) is 0.158. The van der Waals surface area contributed by atoms with E-state index in [-0.39, 0.29) is 17.9 Å². The SMILES string of the molecule is O=C(Nc1cnn(Cc2cc(F)ccc2Cl)c1)c1cccc(OCC(F)(F)F)c1. The molecule has 0 saturated heterocycles. The Morgan fingerprint density at radius 2 is 2.00 bits per heavy atom. The fourth-order valence-electron chi connectivity index (χ4n) is 2.45. The van der Waals surface area contributed by atoms with Crippen molar-refractivity contribution >= 4 is 23.2 Å². The van der Waals surface area contributed by atoms with E-state index in [2.05, 4.69) is 15.2 Å². The van der Waals surface area contributed by atoms with Crippen LogP contribution in [0.5, 0.6) is 5.75 Å². The molecular formula is C19H14ClF4N3O2. The van der Waals surface area contributed by atoms with Gasteiger partial charge < -0.3 is 10.1 Å². The van der Waals surface area contributed by atoms with Crippen molar-refractivity contribution in [2.24, 2.45) is 0 Å². The lowest BCUT2D eigenvalue weighted by Crippen LogP contribution is -2.19. The van der Waals surface area contributed by atoms with Crippen LogP contribution in [0.15, 0.2) is 54.9 Å². The van der Waals surface area contributed by atoms with E-state index in [1.807, 2.05) is 0 Å². The van der Waals surface area contributed by atoms with E-state index >= 15 is 0 Å². The highest BCUT2D eigenvalue weighted by Gasteiger charge is 2.28. The van der Waals surface area contributed by atoms with Crippen LogP contribution in [0.25, 0.3) is 0 Å². The molecule has 0 aliphatic heterocycles. The van der Waals surface area contributed by atoms with E-state index in [1.54, 1.807) is 0 Å². The number of hydrogen-bond donors (Lipinski definition) is 1. The van der Waals surface area contributed by atoms with Crippen LogP contribution in [0, 0.1) is 5.82 Å². The lowest BCUT2D eigenvalue weighted by molar-refractivity contribution is -0.153. The van der Waals surface area contributed by atoms with Gasteiger partial charge in [0.05, 0.1) is 18.4 Å². The van der Waals surface area contributed by atoms with Gasteiger partial charge in [-0.3, -0.25) is 9.48 Å². The summed E-state index contributed by atoms with van der Waals surface area (Å²) in [6, 6.07) is 9.35. The Morgan fingerprint density at radius 3 is 2.76 bits per heavy atom. The quantitative estimate of drug-likeness (QED) is 0.568. The zero-order valence-electron chi connectivity index (χ0n) is 14.7.